The molecule has 156 valence electrons. The zero-order valence-corrected chi connectivity index (χ0v) is 16.3. The predicted molar refractivity (Wildman–Crippen MR) is 106 cm³/mol. The maximum Gasteiger partial charge on any atom is 0.326 e. The highest BCUT2D eigenvalue weighted by molar-refractivity contribution is 6.02. The van der Waals surface area contributed by atoms with Gasteiger partial charge in [-0.05, 0) is 25.1 Å². The summed E-state index contributed by atoms with van der Waals surface area (Å²) >= 11 is 0. The van der Waals surface area contributed by atoms with Crippen molar-refractivity contribution >= 4 is 34.8 Å². The molecule has 2 aromatic rings. The van der Waals surface area contributed by atoms with Crippen molar-refractivity contribution in [3.8, 4) is 5.75 Å². The molecule has 0 aliphatic carbocycles. The van der Waals surface area contributed by atoms with Gasteiger partial charge in [-0.3, -0.25) is 29.4 Å². The van der Waals surface area contributed by atoms with Gasteiger partial charge >= 0.3 is 5.97 Å². The molecule has 0 bridgehead atoms. The van der Waals surface area contributed by atoms with Gasteiger partial charge in [-0.2, -0.15) is 0 Å². The summed E-state index contributed by atoms with van der Waals surface area (Å²) in [5.74, 6) is -1.59. The molecule has 3 rings (SSSR count). The Kier molecular flexibility index (Phi) is 5.95. The SMILES string of the molecule is C[C@H](OC(=O)CN1C(=O)COc2ccc([N+](=O)[O-])cc21)C(=O)N(C)c1ccccc1. The summed E-state index contributed by atoms with van der Waals surface area (Å²) in [6.45, 7) is 0.603. The molecule has 0 aromatic heterocycles. The Labute approximate surface area is 171 Å². The number of hydrogen-bond donors (Lipinski definition) is 0. The van der Waals surface area contributed by atoms with Crippen molar-refractivity contribution < 1.29 is 28.8 Å². The molecule has 2 amide bonds. The number of fused-ring (bicyclic) bond motifs is 1. The van der Waals surface area contributed by atoms with Crippen LogP contribution < -0.4 is 14.5 Å². The van der Waals surface area contributed by atoms with Crippen LogP contribution in [0.5, 0.6) is 5.75 Å². The van der Waals surface area contributed by atoms with Crippen molar-refractivity contribution in [2.75, 3.05) is 30.0 Å². The van der Waals surface area contributed by atoms with E-state index in [9.17, 15) is 24.5 Å². The molecule has 1 atom stereocenters. The first-order valence-corrected chi connectivity index (χ1v) is 9.01. The standard InChI is InChI=1S/C20H19N3O7/c1-13(20(26)21(2)14-6-4-3-5-7-14)30-19(25)11-22-16-10-15(23(27)28)8-9-17(16)29-12-18(22)24/h3-10,13H,11-12H2,1-2H3/t13-/m0/s1. The van der Waals surface area contributed by atoms with Crippen LogP contribution in [-0.4, -0.2) is 49.0 Å². The van der Waals surface area contributed by atoms with E-state index < -0.39 is 35.4 Å². The lowest BCUT2D eigenvalue weighted by molar-refractivity contribution is -0.384. The van der Waals surface area contributed by atoms with Crippen LogP contribution >= 0.6 is 0 Å². The lowest BCUT2D eigenvalue weighted by Crippen LogP contribution is -2.44. The first-order chi connectivity index (χ1) is 14.3. The third-order valence-corrected chi connectivity index (χ3v) is 4.51. The molecule has 0 radical (unpaired) electrons. The summed E-state index contributed by atoms with van der Waals surface area (Å²) in [7, 11) is 1.56. The van der Waals surface area contributed by atoms with Gasteiger partial charge < -0.3 is 14.4 Å². The Morgan fingerprint density at radius 1 is 1.27 bits per heavy atom. The minimum atomic E-state index is -1.09. The van der Waals surface area contributed by atoms with E-state index in [0.29, 0.717) is 5.69 Å². The van der Waals surface area contributed by atoms with Crippen LogP contribution in [0.15, 0.2) is 48.5 Å². The third-order valence-electron chi connectivity index (χ3n) is 4.51. The fourth-order valence-electron chi connectivity index (χ4n) is 2.94. The van der Waals surface area contributed by atoms with Gasteiger partial charge in [0.1, 0.15) is 12.3 Å². The number of nitro benzene ring substituents is 1. The molecular formula is C20H19N3O7. The van der Waals surface area contributed by atoms with Crippen molar-refractivity contribution in [2.45, 2.75) is 13.0 Å². The van der Waals surface area contributed by atoms with Crippen molar-refractivity contribution in [1.82, 2.24) is 0 Å². The van der Waals surface area contributed by atoms with Crippen LogP contribution in [0.1, 0.15) is 6.92 Å². The fraction of sp³-hybridized carbons (Fsp3) is 0.250. The molecule has 0 fully saturated rings. The average molecular weight is 413 g/mol. The van der Waals surface area contributed by atoms with Crippen LogP contribution in [0.4, 0.5) is 17.1 Å². The monoisotopic (exact) mass is 413 g/mol. The quantitative estimate of drug-likeness (QED) is 0.403. The topological polar surface area (TPSA) is 119 Å². The highest BCUT2D eigenvalue weighted by atomic mass is 16.6. The first kappa shape index (κ1) is 20.8. The van der Waals surface area contributed by atoms with Crippen LogP contribution in [0.3, 0.4) is 0 Å². The smallest absolute Gasteiger partial charge is 0.326 e. The number of carbonyl (C=O) groups excluding carboxylic acids is 3. The van der Waals surface area contributed by atoms with E-state index >= 15 is 0 Å². The van der Waals surface area contributed by atoms with E-state index in [1.165, 1.54) is 24.0 Å². The summed E-state index contributed by atoms with van der Waals surface area (Å²) in [4.78, 5) is 50.0. The fourth-order valence-corrected chi connectivity index (χ4v) is 2.94. The van der Waals surface area contributed by atoms with Gasteiger partial charge in [0.25, 0.3) is 17.5 Å². The molecule has 10 heteroatoms. The van der Waals surface area contributed by atoms with E-state index in [2.05, 4.69) is 0 Å². The summed E-state index contributed by atoms with van der Waals surface area (Å²) < 4.78 is 10.5. The van der Waals surface area contributed by atoms with Crippen LogP contribution in [-0.2, 0) is 19.1 Å². The summed E-state index contributed by atoms with van der Waals surface area (Å²) in [6, 6.07) is 12.6. The van der Waals surface area contributed by atoms with Gasteiger partial charge in [0, 0.05) is 24.9 Å². The summed E-state index contributed by atoms with van der Waals surface area (Å²) in [5, 5.41) is 11.0. The maximum absolute atomic E-state index is 12.5. The van der Waals surface area contributed by atoms with Gasteiger partial charge in [0.05, 0.1) is 10.6 Å². The number of anilines is 2. The zero-order valence-electron chi connectivity index (χ0n) is 16.3. The second kappa shape index (κ2) is 8.60. The Balaban J connectivity index is 1.70. The number of hydrogen-bond acceptors (Lipinski definition) is 7. The minimum absolute atomic E-state index is 0.0952. The van der Waals surface area contributed by atoms with Gasteiger partial charge in [0.15, 0.2) is 12.7 Å². The van der Waals surface area contributed by atoms with Crippen LogP contribution in [0.2, 0.25) is 0 Å². The second-order valence-electron chi connectivity index (χ2n) is 6.54. The van der Waals surface area contributed by atoms with Crippen LogP contribution in [0, 0.1) is 10.1 Å². The molecule has 0 N–H and O–H groups in total. The van der Waals surface area contributed by atoms with Crippen molar-refractivity contribution in [1.29, 1.82) is 0 Å². The molecule has 0 spiro atoms. The van der Waals surface area contributed by atoms with Crippen molar-refractivity contribution in [2.24, 2.45) is 0 Å². The number of esters is 1. The van der Waals surface area contributed by atoms with E-state index in [0.717, 1.165) is 11.0 Å². The number of non-ortho nitro benzene ring substituents is 1. The number of nitro groups is 1. The van der Waals surface area contributed by atoms with Crippen molar-refractivity contribution in [3.63, 3.8) is 0 Å². The van der Waals surface area contributed by atoms with E-state index in [-0.39, 0.29) is 23.7 Å². The molecule has 1 heterocycles. The lowest BCUT2D eigenvalue weighted by atomic mass is 10.2. The molecular weight excluding hydrogens is 394 g/mol. The number of nitrogens with zero attached hydrogens (tertiary/aromatic N) is 3. The number of likely N-dealkylation sites (N-methyl/N-ethyl adjacent to an activating group) is 1. The minimum Gasteiger partial charge on any atom is -0.482 e. The van der Waals surface area contributed by atoms with Gasteiger partial charge in [0.2, 0.25) is 0 Å². The second-order valence-corrected chi connectivity index (χ2v) is 6.54. The zero-order chi connectivity index (χ0) is 21.8. The molecule has 0 saturated heterocycles. The van der Waals surface area contributed by atoms with E-state index in [1.54, 1.807) is 31.3 Å². The number of amides is 2. The van der Waals surface area contributed by atoms with Crippen LogP contribution in [0.25, 0.3) is 0 Å². The van der Waals surface area contributed by atoms with Gasteiger partial charge in [-0.1, -0.05) is 18.2 Å². The molecule has 1 aliphatic rings. The third kappa shape index (κ3) is 4.37. The van der Waals surface area contributed by atoms with Gasteiger partial charge in [-0.25, -0.2) is 0 Å². The lowest BCUT2D eigenvalue weighted by Gasteiger charge is -2.29. The normalized spacial score (nSPS) is 13.7. The highest BCUT2D eigenvalue weighted by Crippen LogP contribution is 2.35. The first-order valence-electron chi connectivity index (χ1n) is 9.01. The molecule has 2 aromatic carbocycles. The predicted octanol–water partition coefficient (Wildman–Crippen LogP) is 1.91. The number of carbonyl (C=O) groups is 3. The Morgan fingerprint density at radius 3 is 2.63 bits per heavy atom. The number of para-hydroxylation sites is 1. The Bertz CT molecular complexity index is 993. The average Bonchev–Trinajstić information content (AvgIpc) is 2.74. The maximum atomic E-state index is 12.5. The molecule has 1 aliphatic heterocycles. The van der Waals surface area contributed by atoms with Crippen molar-refractivity contribution in [3.05, 3.63) is 58.6 Å². The molecule has 0 unspecified atom stereocenters. The number of ether oxygens (including phenoxy) is 2. The summed E-state index contributed by atoms with van der Waals surface area (Å²) in [6.07, 6.45) is -1.09. The molecule has 30 heavy (non-hydrogen) atoms. The van der Waals surface area contributed by atoms with Gasteiger partial charge in [-0.15, -0.1) is 0 Å². The Morgan fingerprint density at radius 2 is 1.97 bits per heavy atom. The Hall–Kier alpha value is -3.95. The molecule has 0 saturated carbocycles. The number of benzene rings is 2. The van der Waals surface area contributed by atoms with E-state index in [1.807, 2.05) is 6.07 Å². The number of rotatable bonds is 6. The highest BCUT2D eigenvalue weighted by Gasteiger charge is 2.31. The van der Waals surface area contributed by atoms with E-state index in [4.69, 9.17) is 9.47 Å². The summed E-state index contributed by atoms with van der Waals surface area (Å²) in [5.41, 5.74) is 0.478. The largest absolute Gasteiger partial charge is 0.482 e. The molecule has 10 nitrogen and oxygen atoms in total.